The number of halogens is 1. The van der Waals surface area contributed by atoms with Crippen LogP contribution in [0.15, 0.2) is 22.7 Å². The molecule has 2 saturated heterocycles. The zero-order valence-electron chi connectivity index (χ0n) is 11.7. The topological polar surface area (TPSA) is 41.7 Å². The standard InChI is InChI=1S/C15H22BrN3O/c16-13-7-12(8-14(17)9-13)10-18-2-1-15(11-18)19-3-5-20-6-4-19/h7-9,15H,1-6,10-11,17H2. The van der Waals surface area contributed by atoms with Gasteiger partial charge in [0.25, 0.3) is 0 Å². The molecule has 4 nitrogen and oxygen atoms in total. The molecule has 2 fully saturated rings. The maximum Gasteiger partial charge on any atom is 0.0594 e. The molecular weight excluding hydrogens is 318 g/mol. The predicted octanol–water partition coefficient (Wildman–Crippen LogP) is 1.94. The number of nitrogens with two attached hydrogens (primary N) is 1. The van der Waals surface area contributed by atoms with Crippen molar-refractivity contribution in [2.75, 3.05) is 45.1 Å². The summed E-state index contributed by atoms with van der Waals surface area (Å²) in [7, 11) is 0. The molecule has 0 spiro atoms. The van der Waals surface area contributed by atoms with Gasteiger partial charge in [-0.1, -0.05) is 15.9 Å². The number of anilines is 1. The Morgan fingerprint density at radius 1 is 1.20 bits per heavy atom. The number of morpholine rings is 1. The second kappa shape index (κ2) is 6.43. The van der Waals surface area contributed by atoms with Crippen LogP contribution in [0, 0.1) is 0 Å². The minimum absolute atomic E-state index is 0.698. The van der Waals surface area contributed by atoms with E-state index in [1.54, 1.807) is 0 Å². The Labute approximate surface area is 129 Å². The van der Waals surface area contributed by atoms with Gasteiger partial charge in [0, 0.05) is 48.9 Å². The molecule has 0 aromatic heterocycles. The van der Waals surface area contributed by atoms with Crippen molar-refractivity contribution in [2.24, 2.45) is 0 Å². The molecule has 1 atom stereocenters. The first-order valence-corrected chi connectivity index (χ1v) is 8.09. The third-order valence-corrected chi connectivity index (χ3v) is 4.65. The number of ether oxygens (including phenoxy) is 1. The van der Waals surface area contributed by atoms with Gasteiger partial charge in [-0.25, -0.2) is 0 Å². The van der Waals surface area contributed by atoms with Crippen LogP contribution in [0.25, 0.3) is 0 Å². The molecule has 2 N–H and O–H groups in total. The molecule has 0 aliphatic carbocycles. The molecule has 0 saturated carbocycles. The van der Waals surface area contributed by atoms with E-state index in [9.17, 15) is 0 Å². The van der Waals surface area contributed by atoms with Gasteiger partial charge in [-0.2, -0.15) is 0 Å². The van der Waals surface area contributed by atoms with E-state index >= 15 is 0 Å². The number of rotatable bonds is 3. The van der Waals surface area contributed by atoms with Gasteiger partial charge in [-0.05, 0) is 30.2 Å². The Hall–Kier alpha value is -0.620. The number of likely N-dealkylation sites (tertiary alicyclic amines) is 1. The molecule has 110 valence electrons. The lowest BCUT2D eigenvalue weighted by Gasteiger charge is -2.32. The van der Waals surface area contributed by atoms with Crippen molar-refractivity contribution in [1.29, 1.82) is 0 Å². The summed E-state index contributed by atoms with van der Waals surface area (Å²) in [5, 5.41) is 0. The van der Waals surface area contributed by atoms with E-state index in [2.05, 4.69) is 37.9 Å². The molecule has 0 bridgehead atoms. The van der Waals surface area contributed by atoms with E-state index in [-0.39, 0.29) is 0 Å². The third-order valence-electron chi connectivity index (χ3n) is 4.20. The Kier molecular flexibility index (Phi) is 4.61. The van der Waals surface area contributed by atoms with Crippen molar-refractivity contribution in [1.82, 2.24) is 9.80 Å². The van der Waals surface area contributed by atoms with Gasteiger partial charge >= 0.3 is 0 Å². The normalized spacial score (nSPS) is 25.1. The van der Waals surface area contributed by atoms with E-state index in [0.717, 1.165) is 49.6 Å². The Morgan fingerprint density at radius 2 is 2.00 bits per heavy atom. The summed E-state index contributed by atoms with van der Waals surface area (Å²) in [5.41, 5.74) is 8.03. The summed E-state index contributed by atoms with van der Waals surface area (Å²) < 4.78 is 6.50. The highest BCUT2D eigenvalue weighted by atomic mass is 79.9. The van der Waals surface area contributed by atoms with Crippen LogP contribution < -0.4 is 5.73 Å². The van der Waals surface area contributed by atoms with Crippen LogP contribution in [0.4, 0.5) is 5.69 Å². The quantitative estimate of drug-likeness (QED) is 0.854. The number of hydrogen-bond donors (Lipinski definition) is 1. The van der Waals surface area contributed by atoms with Crippen LogP contribution in [0.1, 0.15) is 12.0 Å². The van der Waals surface area contributed by atoms with Gasteiger partial charge in [-0.3, -0.25) is 9.80 Å². The Balaban J connectivity index is 1.57. The second-order valence-corrected chi connectivity index (χ2v) is 6.63. The summed E-state index contributed by atoms with van der Waals surface area (Å²) in [6.07, 6.45) is 1.27. The average molecular weight is 340 g/mol. The summed E-state index contributed by atoms with van der Waals surface area (Å²) in [6.45, 7) is 7.27. The fraction of sp³-hybridized carbons (Fsp3) is 0.600. The van der Waals surface area contributed by atoms with Crippen LogP contribution in [0.3, 0.4) is 0 Å². The number of nitrogens with zero attached hydrogens (tertiary/aromatic N) is 2. The average Bonchev–Trinajstić information content (AvgIpc) is 2.87. The number of nitrogen functional groups attached to an aromatic ring is 1. The molecular formula is C15H22BrN3O. The molecule has 1 aromatic carbocycles. The lowest BCUT2D eigenvalue weighted by atomic mass is 10.2. The van der Waals surface area contributed by atoms with Crippen molar-refractivity contribution in [2.45, 2.75) is 19.0 Å². The molecule has 2 heterocycles. The number of hydrogen-bond acceptors (Lipinski definition) is 4. The number of benzene rings is 1. The first kappa shape index (κ1) is 14.3. The fourth-order valence-corrected chi connectivity index (χ4v) is 3.78. The molecule has 2 aliphatic rings. The van der Waals surface area contributed by atoms with Gasteiger partial charge in [0.2, 0.25) is 0 Å². The molecule has 1 unspecified atom stereocenters. The van der Waals surface area contributed by atoms with E-state index in [0.29, 0.717) is 6.04 Å². The summed E-state index contributed by atoms with van der Waals surface area (Å²) in [6, 6.07) is 6.89. The van der Waals surface area contributed by atoms with E-state index in [4.69, 9.17) is 10.5 Å². The van der Waals surface area contributed by atoms with Crippen LogP contribution >= 0.6 is 15.9 Å². The van der Waals surface area contributed by atoms with Crippen molar-refractivity contribution in [3.8, 4) is 0 Å². The highest BCUT2D eigenvalue weighted by Gasteiger charge is 2.28. The summed E-state index contributed by atoms with van der Waals surface area (Å²) >= 11 is 3.52. The molecule has 0 radical (unpaired) electrons. The summed E-state index contributed by atoms with van der Waals surface area (Å²) in [4.78, 5) is 5.11. The van der Waals surface area contributed by atoms with Gasteiger partial charge in [0.05, 0.1) is 13.2 Å². The minimum Gasteiger partial charge on any atom is -0.399 e. The molecule has 2 aliphatic heterocycles. The zero-order valence-corrected chi connectivity index (χ0v) is 13.3. The SMILES string of the molecule is Nc1cc(Br)cc(CN2CCC(N3CCOCC3)C2)c1. The molecule has 3 rings (SSSR count). The summed E-state index contributed by atoms with van der Waals surface area (Å²) in [5.74, 6) is 0. The fourth-order valence-electron chi connectivity index (χ4n) is 3.22. The highest BCUT2D eigenvalue weighted by molar-refractivity contribution is 9.10. The monoisotopic (exact) mass is 339 g/mol. The second-order valence-electron chi connectivity index (χ2n) is 5.72. The van der Waals surface area contributed by atoms with Gasteiger partial charge in [0.15, 0.2) is 0 Å². The van der Waals surface area contributed by atoms with E-state index < -0.39 is 0 Å². The van der Waals surface area contributed by atoms with Gasteiger partial charge in [0.1, 0.15) is 0 Å². The first-order chi connectivity index (χ1) is 9.70. The molecule has 20 heavy (non-hydrogen) atoms. The Morgan fingerprint density at radius 3 is 2.75 bits per heavy atom. The third kappa shape index (κ3) is 3.52. The largest absolute Gasteiger partial charge is 0.399 e. The predicted molar refractivity (Wildman–Crippen MR) is 84.6 cm³/mol. The molecule has 5 heteroatoms. The zero-order chi connectivity index (χ0) is 13.9. The first-order valence-electron chi connectivity index (χ1n) is 7.30. The minimum atomic E-state index is 0.698. The van der Waals surface area contributed by atoms with Gasteiger partial charge in [-0.15, -0.1) is 0 Å². The van der Waals surface area contributed by atoms with Crippen LogP contribution in [0.5, 0.6) is 0 Å². The molecule has 0 amide bonds. The van der Waals surface area contributed by atoms with Gasteiger partial charge < -0.3 is 10.5 Å². The van der Waals surface area contributed by atoms with E-state index in [1.807, 2.05) is 6.07 Å². The molecule has 1 aromatic rings. The van der Waals surface area contributed by atoms with Crippen molar-refractivity contribution in [3.05, 3.63) is 28.2 Å². The Bertz CT molecular complexity index is 442. The van der Waals surface area contributed by atoms with Crippen molar-refractivity contribution >= 4 is 21.6 Å². The van der Waals surface area contributed by atoms with Crippen LogP contribution in [0.2, 0.25) is 0 Å². The van der Waals surface area contributed by atoms with Crippen LogP contribution in [-0.4, -0.2) is 55.2 Å². The lowest BCUT2D eigenvalue weighted by molar-refractivity contribution is 0.0184. The van der Waals surface area contributed by atoms with Crippen LogP contribution in [-0.2, 0) is 11.3 Å². The highest BCUT2D eigenvalue weighted by Crippen LogP contribution is 2.22. The smallest absolute Gasteiger partial charge is 0.0594 e. The van der Waals surface area contributed by atoms with Crippen molar-refractivity contribution in [3.63, 3.8) is 0 Å². The van der Waals surface area contributed by atoms with E-state index in [1.165, 1.54) is 18.5 Å². The van der Waals surface area contributed by atoms with Crippen molar-refractivity contribution < 1.29 is 4.74 Å². The lowest BCUT2D eigenvalue weighted by Crippen LogP contribution is -2.44. The maximum absolute atomic E-state index is 5.91. The maximum atomic E-state index is 5.91.